The molecule has 0 bridgehead atoms. The van der Waals surface area contributed by atoms with Crippen LogP contribution in [-0.2, 0) is 9.53 Å². The lowest BCUT2D eigenvalue weighted by Gasteiger charge is -2.17. The Hall–Kier alpha value is -1.73. The standard InChI is InChI=1S/C22H34O6/c1-2-3-4-5-6-7-8-9-10-11-17(23)12-14-20-19(25)16-21(28-20)18(24)13-15-22(26)27/h3-4,6-7,9-10,12,14,17-21,23-25H,2,5,8,11,13,15-16H2,1H3,(H,26,27)/b4-3-,7-6-,10-9-,14-12+/t17-,18+,19+,20-,21-/m0/s1. The van der Waals surface area contributed by atoms with Gasteiger partial charge in [0.2, 0.25) is 0 Å². The molecule has 0 saturated carbocycles. The number of aliphatic carboxylic acids is 1. The number of hydrogen-bond donors (Lipinski definition) is 4. The Kier molecular flexibility index (Phi) is 12.4. The van der Waals surface area contributed by atoms with Crippen LogP contribution in [0.15, 0.2) is 48.6 Å². The molecule has 1 fully saturated rings. The summed E-state index contributed by atoms with van der Waals surface area (Å²) in [5, 5.41) is 38.7. The minimum atomic E-state index is -0.978. The number of carbonyl (C=O) groups is 1. The quantitative estimate of drug-likeness (QED) is 0.358. The van der Waals surface area contributed by atoms with Gasteiger partial charge >= 0.3 is 5.97 Å². The second-order valence-electron chi connectivity index (χ2n) is 6.92. The van der Waals surface area contributed by atoms with Crippen LogP contribution in [0.3, 0.4) is 0 Å². The summed E-state index contributed by atoms with van der Waals surface area (Å²) >= 11 is 0. The van der Waals surface area contributed by atoms with Crippen LogP contribution in [0.2, 0.25) is 0 Å². The van der Waals surface area contributed by atoms with Crippen LogP contribution >= 0.6 is 0 Å². The molecule has 6 nitrogen and oxygen atoms in total. The third-order valence-electron chi connectivity index (χ3n) is 4.45. The molecule has 0 aromatic carbocycles. The Morgan fingerprint density at radius 2 is 1.75 bits per heavy atom. The second kappa shape index (κ2) is 14.3. The Bertz CT molecular complexity index is 551. The van der Waals surface area contributed by atoms with Gasteiger partial charge in [0.05, 0.1) is 24.4 Å². The predicted molar refractivity (Wildman–Crippen MR) is 109 cm³/mol. The van der Waals surface area contributed by atoms with Crippen LogP contribution in [-0.4, -0.2) is 56.9 Å². The molecule has 0 unspecified atom stereocenters. The van der Waals surface area contributed by atoms with Gasteiger partial charge in [-0.05, 0) is 32.1 Å². The van der Waals surface area contributed by atoms with Crippen LogP contribution in [0.5, 0.6) is 0 Å². The molecule has 0 spiro atoms. The highest BCUT2D eigenvalue weighted by molar-refractivity contribution is 5.66. The van der Waals surface area contributed by atoms with Crippen LogP contribution in [0.25, 0.3) is 0 Å². The van der Waals surface area contributed by atoms with E-state index in [0.29, 0.717) is 6.42 Å². The number of hydrogen-bond acceptors (Lipinski definition) is 5. The molecular formula is C22H34O6. The van der Waals surface area contributed by atoms with Crippen molar-refractivity contribution in [1.82, 2.24) is 0 Å². The first-order chi connectivity index (χ1) is 13.4. The first kappa shape index (κ1) is 24.3. The average Bonchev–Trinajstić information content (AvgIpc) is 3.04. The van der Waals surface area contributed by atoms with E-state index in [4.69, 9.17) is 9.84 Å². The monoisotopic (exact) mass is 394 g/mol. The Morgan fingerprint density at radius 1 is 1.11 bits per heavy atom. The molecule has 0 aliphatic carbocycles. The molecule has 6 heteroatoms. The molecule has 0 radical (unpaired) electrons. The zero-order valence-corrected chi connectivity index (χ0v) is 16.6. The van der Waals surface area contributed by atoms with Gasteiger partial charge in [-0.3, -0.25) is 4.79 Å². The fourth-order valence-corrected chi connectivity index (χ4v) is 2.86. The van der Waals surface area contributed by atoms with Crippen molar-refractivity contribution in [2.45, 2.75) is 82.4 Å². The fourth-order valence-electron chi connectivity index (χ4n) is 2.86. The van der Waals surface area contributed by atoms with E-state index in [9.17, 15) is 20.1 Å². The molecule has 0 aromatic rings. The topological polar surface area (TPSA) is 107 Å². The van der Waals surface area contributed by atoms with Crippen molar-refractivity contribution >= 4 is 5.97 Å². The summed E-state index contributed by atoms with van der Waals surface area (Å²) in [6.07, 6.45) is 15.4. The summed E-state index contributed by atoms with van der Waals surface area (Å²) in [7, 11) is 0. The van der Waals surface area contributed by atoms with Crippen LogP contribution in [0.1, 0.15) is 51.9 Å². The number of aliphatic hydroxyl groups is 3. The largest absolute Gasteiger partial charge is 0.481 e. The molecule has 1 heterocycles. The summed E-state index contributed by atoms with van der Waals surface area (Å²) in [4.78, 5) is 10.6. The molecule has 1 aliphatic rings. The fraction of sp³-hybridized carbons (Fsp3) is 0.591. The van der Waals surface area contributed by atoms with E-state index < -0.39 is 36.5 Å². The smallest absolute Gasteiger partial charge is 0.303 e. The maximum Gasteiger partial charge on any atom is 0.303 e. The lowest BCUT2D eigenvalue weighted by atomic mass is 10.0. The highest BCUT2D eigenvalue weighted by atomic mass is 16.5. The summed E-state index contributed by atoms with van der Waals surface area (Å²) in [5.41, 5.74) is 0. The van der Waals surface area contributed by atoms with Crippen LogP contribution in [0.4, 0.5) is 0 Å². The van der Waals surface area contributed by atoms with Gasteiger partial charge in [0.15, 0.2) is 0 Å². The SMILES string of the molecule is CC/C=C\C/C=C\C/C=C\C[C@H](O)/C=C/[C@@H]1O[C@H]([C@H](O)CCC(=O)O)C[C@H]1O. The van der Waals surface area contributed by atoms with Crippen LogP contribution in [0, 0.1) is 0 Å². The van der Waals surface area contributed by atoms with E-state index in [1.165, 1.54) is 0 Å². The molecule has 5 atom stereocenters. The van der Waals surface area contributed by atoms with E-state index in [2.05, 4.69) is 31.2 Å². The molecule has 1 rings (SSSR count). The van der Waals surface area contributed by atoms with Gasteiger partial charge in [0.25, 0.3) is 0 Å². The normalized spacial score (nSPS) is 25.5. The molecule has 28 heavy (non-hydrogen) atoms. The predicted octanol–water partition coefficient (Wildman–Crippen LogP) is 2.90. The van der Waals surface area contributed by atoms with Gasteiger partial charge in [-0.25, -0.2) is 0 Å². The van der Waals surface area contributed by atoms with Gasteiger partial charge in [-0.2, -0.15) is 0 Å². The number of allylic oxidation sites excluding steroid dienone is 5. The van der Waals surface area contributed by atoms with Gasteiger partial charge in [-0.15, -0.1) is 0 Å². The van der Waals surface area contributed by atoms with Crippen molar-refractivity contribution in [3.05, 3.63) is 48.6 Å². The third kappa shape index (κ3) is 10.6. The Morgan fingerprint density at radius 3 is 2.39 bits per heavy atom. The van der Waals surface area contributed by atoms with Gasteiger partial charge in [-0.1, -0.05) is 55.5 Å². The van der Waals surface area contributed by atoms with E-state index in [1.807, 2.05) is 12.2 Å². The number of carboxylic acid groups (broad SMARTS) is 1. The average molecular weight is 395 g/mol. The number of carboxylic acids is 1. The second-order valence-corrected chi connectivity index (χ2v) is 6.92. The third-order valence-corrected chi connectivity index (χ3v) is 4.45. The first-order valence-corrected chi connectivity index (χ1v) is 9.98. The molecule has 1 aliphatic heterocycles. The highest BCUT2D eigenvalue weighted by Gasteiger charge is 2.36. The minimum absolute atomic E-state index is 0.0832. The summed E-state index contributed by atoms with van der Waals surface area (Å²) in [6.45, 7) is 2.10. The summed E-state index contributed by atoms with van der Waals surface area (Å²) < 4.78 is 5.59. The van der Waals surface area contributed by atoms with Crippen molar-refractivity contribution in [3.63, 3.8) is 0 Å². The van der Waals surface area contributed by atoms with Crippen LogP contribution < -0.4 is 0 Å². The molecule has 1 saturated heterocycles. The van der Waals surface area contributed by atoms with Crippen molar-refractivity contribution in [3.8, 4) is 0 Å². The number of rotatable bonds is 13. The summed E-state index contributed by atoms with van der Waals surface area (Å²) in [5.74, 6) is -0.978. The van der Waals surface area contributed by atoms with E-state index in [1.54, 1.807) is 12.2 Å². The van der Waals surface area contributed by atoms with Crippen molar-refractivity contribution in [1.29, 1.82) is 0 Å². The van der Waals surface area contributed by atoms with E-state index in [0.717, 1.165) is 19.3 Å². The molecule has 0 amide bonds. The lowest BCUT2D eigenvalue weighted by Crippen LogP contribution is -2.26. The van der Waals surface area contributed by atoms with Gasteiger partial charge in [0, 0.05) is 12.8 Å². The maximum absolute atomic E-state index is 10.6. The maximum atomic E-state index is 10.6. The minimum Gasteiger partial charge on any atom is -0.481 e. The van der Waals surface area contributed by atoms with Gasteiger partial charge < -0.3 is 25.2 Å². The number of ether oxygens (including phenoxy) is 1. The van der Waals surface area contributed by atoms with Crippen molar-refractivity contribution < 1.29 is 30.0 Å². The van der Waals surface area contributed by atoms with E-state index in [-0.39, 0.29) is 19.3 Å². The van der Waals surface area contributed by atoms with Crippen molar-refractivity contribution in [2.75, 3.05) is 0 Å². The Balaban J connectivity index is 2.29. The molecule has 0 aromatic heterocycles. The number of aliphatic hydroxyl groups excluding tert-OH is 3. The van der Waals surface area contributed by atoms with E-state index >= 15 is 0 Å². The summed E-state index contributed by atoms with van der Waals surface area (Å²) in [6, 6.07) is 0. The molecular weight excluding hydrogens is 360 g/mol. The van der Waals surface area contributed by atoms with Gasteiger partial charge in [0.1, 0.15) is 6.10 Å². The zero-order valence-electron chi connectivity index (χ0n) is 16.6. The van der Waals surface area contributed by atoms with Crippen molar-refractivity contribution in [2.24, 2.45) is 0 Å². The molecule has 158 valence electrons. The first-order valence-electron chi connectivity index (χ1n) is 9.98. The highest BCUT2D eigenvalue weighted by Crippen LogP contribution is 2.25. The lowest BCUT2D eigenvalue weighted by molar-refractivity contribution is -0.138. The Labute approximate surface area is 167 Å². The molecule has 4 N–H and O–H groups in total. The zero-order chi connectivity index (χ0) is 20.8.